The minimum absolute atomic E-state index is 0.0116. The zero-order valence-corrected chi connectivity index (χ0v) is 17.8. The van der Waals surface area contributed by atoms with Crippen molar-refractivity contribution in [2.24, 2.45) is 5.92 Å². The molecule has 156 valence electrons. The highest BCUT2D eigenvalue weighted by molar-refractivity contribution is 5.89. The molecule has 1 saturated heterocycles. The monoisotopic (exact) mass is 398 g/mol. The fourth-order valence-electron chi connectivity index (χ4n) is 4.10. The van der Waals surface area contributed by atoms with E-state index in [4.69, 9.17) is 9.15 Å². The number of hydrogen-bond donors (Lipinski definition) is 0. The third-order valence-electron chi connectivity index (χ3n) is 6.21. The topological polar surface area (TPSA) is 63.0 Å². The molecule has 0 spiro atoms. The lowest BCUT2D eigenvalue weighted by Crippen LogP contribution is -2.52. The summed E-state index contributed by atoms with van der Waals surface area (Å²) in [5.74, 6) is 1.48. The highest BCUT2D eigenvalue weighted by Gasteiger charge is 2.30. The normalized spacial score (nSPS) is 18.8. The number of hydrogen-bond acceptors (Lipinski definition) is 5. The molecule has 1 aromatic carbocycles. The Labute approximate surface area is 171 Å². The van der Waals surface area contributed by atoms with Gasteiger partial charge >= 0.3 is 5.63 Å². The van der Waals surface area contributed by atoms with Gasteiger partial charge < -0.3 is 14.1 Å². The third kappa shape index (κ3) is 4.17. The van der Waals surface area contributed by atoms with Crippen LogP contribution < -0.4 is 10.4 Å². The van der Waals surface area contributed by atoms with E-state index in [-0.39, 0.29) is 11.5 Å². The average Bonchev–Trinajstić information content (AvgIpc) is 3.49. The molecule has 1 aromatic heterocycles. The molecule has 1 aliphatic heterocycles. The van der Waals surface area contributed by atoms with Crippen LogP contribution in [0.15, 0.2) is 21.3 Å². The van der Waals surface area contributed by atoms with Crippen molar-refractivity contribution < 1.29 is 13.9 Å². The molecule has 1 amide bonds. The fourth-order valence-corrected chi connectivity index (χ4v) is 4.10. The number of fused-ring (bicyclic) bond motifs is 1. The number of carbonyl (C=O) groups is 1. The van der Waals surface area contributed by atoms with Crippen LogP contribution in [-0.2, 0) is 4.79 Å². The second kappa shape index (κ2) is 7.82. The third-order valence-corrected chi connectivity index (χ3v) is 6.21. The first-order valence-electron chi connectivity index (χ1n) is 10.6. The number of ether oxygens (including phenoxy) is 1. The molecule has 2 aliphatic rings. The van der Waals surface area contributed by atoms with Crippen molar-refractivity contribution in [2.45, 2.75) is 46.6 Å². The van der Waals surface area contributed by atoms with Gasteiger partial charge in [0.2, 0.25) is 0 Å². The van der Waals surface area contributed by atoms with Gasteiger partial charge in [-0.05, 0) is 69.7 Å². The molecule has 1 saturated carbocycles. The Morgan fingerprint density at radius 3 is 2.48 bits per heavy atom. The Morgan fingerprint density at radius 1 is 1.14 bits per heavy atom. The van der Waals surface area contributed by atoms with Gasteiger partial charge in [0.05, 0.1) is 5.39 Å². The molecule has 4 rings (SSSR count). The van der Waals surface area contributed by atoms with Crippen LogP contribution in [0.2, 0.25) is 0 Å². The summed E-state index contributed by atoms with van der Waals surface area (Å²) in [5.41, 5.74) is 2.49. The van der Waals surface area contributed by atoms with E-state index in [2.05, 4.69) is 4.90 Å². The van der Waals surface area contributed by atoms with Crippen LogP contribution in [0.5, 0.6) is 5.75 Å². The Morgan fingerprint density at radius 2 is 1.83 bits per heavy atom. The van der Waals surface area contributed by atoms with Gasteiger partial charge in [-0.2, -0.15) is 0 Å². The van der Waals surface area contributed by atoms with Gasteiger partial charge in [-0.1, -0.05) is 0 Å². The summed E-state index contributed by atoms with van der Waals surface area (Å²) >= 11 is 0. The largest absolute Gasteiger partial charge is 0.480 e. The maximum atomic E-state index is 13.0. The van der Waals surface area contributed by atoms with Gasteiger partial charge in [0.15, 0.2) is 6.10 Å². The van der Waals surface area contributed by atoms with Crippen LogP contribution in [0.25, 0.3) is 11.0 Å². The molecular formula is C23H30N2O4. The molecular weight excluding hydrogens is 368 g/mol. The lowest BCUT2D eigenvalue weighted by molar-refractivity contribution is -0.139. The van der Waals surface area contributed by atoms with E-state index in [1.807, 2.05) is 30.9 Å². The Bertz CT molecular complexity index is 985. The molecule has 0 bridgehead atoms. The number of piperazine rings is 1. The van der Waals surface area contributed by atoms with Crippen LogP contribution >= 0.6 is 0 Å². The van der Waals surface area contributed by atoms with Gasteiger partial charge in [0.1, 0.15) is 11.3 Å². The highest BCUT2D eigenvalue weighted by Crippen LogP contribution is 2.32. The Kier molecular flexibility index (Phi) is 5.38. The standard InChI is InChI=1S/C23H30N2O4/c1-14-11-19(21-15(2)16(3)23(27)29-20(21)12-14)28-17(4)22(26)25-9-7-24(8-10-25)13-18-5-6-18/h11-12,17-18H,5-10,13H2,1-4H3. The fraction of sp³-hybridized carbons (Fsp3) is 0.565. The van der Waals surface area contributed by atoms with Crippen LogP contribution in [0, 0.1) is 26.7 Å². The maximum absolute atomic E-state index is 13.0. The summed E-state index contributed by atoms with van der Waals surface area (Å²) in [6.45, 7) is 11.9. The molecule has 6 nitrogen and oxygen atoms in total. The van der Waals surface area contributed by atoms with Gasteiger partial charge in [-0.25, -0.2) is 4.79 Å². The summed E-state index contributed by atoms with van der Waals surface area (Å²) in [4.78, 5) is 29.4. The van der Waals surface area contributed by atoms with Crippen LogP contribution in [0.4, 0.5) is 0 Å². The van der Waals surface area contributed by atoms with E-state index < -0.39 is 6.10 Å². The van der Waals surface area contributed by atoms with E-state index in [0.717, 1.165) is 48.6 Å². The van der Waals surface area contributed by atoms with E-state index >= 15 is 0 Å². The molecule has 2 fully saturated rings. The average molecular weight is 399 g/mol. The summed E-state index contributed by atoms with van der Waals surface area (Å²) in [6.07, 6.45) is 2.11. The van der Waals surface area contributed by atoms with Crippen molar-refractivity contribution in [1.29, 1.82) is 0 Å². The van der Waals surface area contributed by atoms with Crippen LogP contribution in [-0.4, -0.2) is 54.5 Å². The molecule has 2 heterocycles. The predicted octanol–water partition coefficient (Wildman–Crippen LogP) is 3.04. The van der Waals surface area contributed by atoms with Crippen LogP contribution in [0.1, 0.15) is 36.5 Å². The molecule has 0 N–H and O–H groups in total. The molecule has 6 heteroatoms. The van der Waals surface area contributed by atoms with Gasteiger partial charge in [-0.3, -0.25) is 9.69 Å². The quantitative estimate of drug-likeness (QED) is 0.725. The minimum atomic E-state index is -0.596. The molecule has 2 aromatic rings. The van der Waals surface area contributed by atoms with E-state index in [0.29, 0.717) is 16.9 Å². The Hall–Kier alpha value is -2.34. The van der Waals surface area contributed by atoms with Crippen molar-refractivity contribution in [2.75, 3.05) is 32.7 Å². The van der Waals surface area contributed by atoms with Gasteiger partial charge in [0, 0.05) is 38.3 Å². The van der Waals surface area contributed by atoms with Crippen molar-refractivity contribution >= 4 is 16.9 Å². The molecule has 1 unspecified atom stereocenters. The van der Waals surface area contributed by atoms with E-state index in [1.54, 1.807) is 13.8 Å². The first-order chi connectivity index (χ1) is 13.8. The summed E-state index contributed by atoms with van der Waals surface area (Å²) < 4.78 is 11.6. The van der Waals surface area contributed by atoms with Crippen molar-refractivity contribution in [1.82, 2.24) is 9.80 Å². The molecule has 1 aliphatic carbocycles. The lowest BCUT2D eigenvalue weighted by atomic mass is 10.0. The van der Waals surface area contributed by atoms with E-state index in [1.165, 1.54) is 19.4 Å². The first kappa shape index (κ1) is 20.0. The van der Waals surface area contributed by atoms with Gasteiger partial charge in [0.25, 0.3) is 5.91 Å². The second-order valence-electron chi connectivity index (χ2n) is 8.61. The van der Waals surface area contributed by atoms with E-state index in [9.17, 15) is 9.59 Å². The number of aryl methyl sites for hydroxylation is 2. The smallest absolute Gasteiger partial charge is 0.339 e. The SMILES string of the molecule is Cc1cc(OC(C)C(=O)N2CCN(CC3CC3)CC2)c2c(C)c(C)c(=O)oc2c1. The summed E-state index contributed by atoms with van der Waals surface area (Å²) in [5, 5.41) is 0.765. The van der Waals surface area contributed by atoms with Crippen molar-refractivity contribution in [3.63, 3.8) is 0 Å². The molecule has 0 radical (unpaired) electrons. The van der Waals surface area contributed by atoms with Crippen molar-refractivity contribution in [3.05, 3.63) is 39.2 Å². The second-order valence-corrected chi connectivity index (χ2v) is 8.61. The molecule has 1 atom stereocenters. The lowest BCUT2D eigenvalue weighted by Gasteiger charge is -2.36. The summed E-state index contributed by atoms with van der Waals surface area (Å²) in [6, 6.07) is 3.74. The zero-order chi connectivity index (χ0) is 20.7. The number of carbonyl (C=O) groups excluding carboxylic acids is 1. The number of amides is 1. The summed E-state index contributed by atoms with van der Waals surface area (Å²) in [7, 11) is 0. The minimum Gasteiger partial charge on any atom is -0.480 e. The predicted molar refractivity (Wildman–Crippen MR) is 113 cm³/mol. The van der Waals surface area contributed by atoms with Crippen LogP contribution in [0.3, 0.4) is 0 Å². The number of nitrogens with zero attached hydrogens (tertiary/aromatic N) is 2. The number of rotatable bonds is 5. The zero-order valence-electron chi connectivity index (χ0n) is 17.8. The Balaban J connectivity index is 1.50. The number of benzene rings is 1. The van der Waals surface area contributed by atoms with Crippen molar-refractivity contribution in [3.8, 4) is 5.75 Å². The first-order valence-corrected chi connectivity index (χ1v) is 10.6. The van der Waals surface area contributed by atoms with Gasteiger partial charge in [-0.15, -0.1) is 0 Å². The highest BCUT2D eigenvalue weighted by atomic mass is 16.5. The molecule has 29 heavy (non-hydrogen) atoms. The maximum Gasteiger partial charge on any atom is 0.339 e.